The van der Waals surface area contributed by atoms with Crippen molar-refractivity contribution in [3.05, 3.63) is 52.1 Å². The van der Waals surface area contributed by atoms with Gasteiger partial charge in [-0.25, -0.2) is 9.78 Å². The molecule has 0 aliphatic heterocycles. The van der Waals surface area contributed by atoms with Crippen LogP contribution in [0.15, 0.2) is 40.9 Å². The summed E-state index contributed by atoms with van der Waals surface area (Å²) < 4.78 is 0.899. The second-order valence-corrected chi connectivity index (χ2v) is 4.85. The Kier molecular flexibility index (Phi) is 4.16. The van der Waals surface area contributed by atoms with Crippen LogP contribution < -0.4 is 5.32 Å². The summed E-state index contributed by atoms with van der Waals surface area (Å²) >= 11 is 3.43. The van der Waals surface area contributed by atoms with E-state index in [0.29, 0.717) is 12.2 Å². The number of pyridine rings is 1. The number of anilines is 2. The fourth-order valence-corrected chi connectivity index (χ4v) is 2.04. The van der Waals surface area contributed by atoms with Gasteiger partial charge in [-0.15, -0.1) is 0 Å². The highest BCUT2D eigenvalue weighted by atomic mass is 79.9. The maximum atomic E-state index is 11.1. The molecule has 2 rings (SSSR count). The van der Waals surface area contributed by atoms with Crippen molar-refractivity contribution in [2.75, 3.05) is 5.32 Å². The Morgan fingerprint density at radius 2 is 2.11 bits per heavy atom. The van der Waals surface area contributed by atoms with Gasteiger partial charge in [0.1, 0.15) is 5.82 Å². The fourth-order valence-electron chi connectivity index (χ4n) is 1.66. The SMILES string of the molecule is CCc1cc(C(=O)O)cc(Nc2ccccc2Br)n1. The quantitative estimate of drug-likeness (QED) is 0.898. The van der Waals surface area contributed by atoms with E-state index < -0.39 is 5.97 Å². The molecule has 0 spiro atoms. The highest BCUT2D eigenvalue weighted by molar-refractivity contribution is 9.10. The second kappa shape index (κ2) is 5.84. The number of para-hydroxylation sites is 1. The summed E-state index contributed by atoms with van der Waals surface area (Å²) in [5, 5.41) is 12.2. The molecule has 2 N–H and O–H groups in total. The summed E-state index contributed by atoms with van der Waals surface area (Å²) in [5.74, 6) is -0.420. The Bertz CT molecular complexity index is 614. The van der Waals surface area contributed by atoms with E-state index in [2.05, 4.69) is 26.2 Å². The first-order valence-corrected chi connectivity index (χ1v) is 6.65. The Hall–Kier alpha value is -1.88. The number of hydrogen-bond donors (Lipinski definition) is 2. The molecule has 0 saturated carbocycles. The van der Waals surface area contributed by atoms with Gasteiger partial charge in [-0.2, -0.15) is 0 Å². The Labute approximate surface area is 119 Å². The van der Waals surface area contributed by atoms with Crippen molar-refractivity contribution in [2.24, 2.45) is 0 Å². The van der Waals surface area contributed by atoms with E-state index in [1.165, 1.54) is 6.07 Å². The van der Waals surface area contributed by atoms with Gasteiger partial charge in [-0.1, -0.05) is 19.1 Å². The van der Waals surface area contributed by atoms with Gasteiger partial charge in [0.05, 0.1) is 11.3 Å². The molecule has 2 aromatic rings. The molecule has 1 aromatic carbocycles. The van der Waals surface area contributed by atoms with Crippen LogP contribution in [0.1, 0.15) is 23.0 Å². The van der Waals surface area contributed by atoms with Crippen molar-refractivity contribution in [3.63, 3.8) is 0 Å². The molecule has 19 heavy (non-hydrogen) atoms. The molecule has 0 bridgehead atoms. The molecule has 5 heteroatoms. The molecule has 4 nitrogen and oxygen atoms in total. The molecular formula is C14H13BrN2O2. The van der Waals surface area contributed by atoms with Crippen molar-refractivity contribution in [2.45, 2.75) is 13.3 Å². The minimum absolute atomic E-state index is 0.237. The van der Waals surface area contributed by atoms with Gasteiger partial charge in [0, 0.05) is 10.2 Å². The van der Waals surface area contributed by atoms with Gasteiger partial charge in [0.2, 0.25) is 0 Å². The van der Waals surface area contributed by atoms with Crippen LogP contribution in [-0.2, 0) is 6.42 Å². The summed E-state index contributed by atoms with van der Waals surface area (Å²) in [4.78, 5) is 15.5. The molecule has 0 atom stereocenters. The van der Waals surface area contributed by atoms with E-state index in [4.69, 9.17) is 5.11 Å². The summed E-state index contributed by atoms with van der Waals surface area (Å²) in [5.41, 5.74) is 1.83. The average Bonchev–Trinajstić information content (AvgIpc) is 2.41. The smallest absolute Gasteiger partial charge is 0.335 e. The third kappa shape index (κ3) is 3.32. The van der Waals surface area contributed by atoms with Crippen LogP contribution in [0.2, 0.25) is 0 Å². The van der Waals surface area contributed by atoms with E-state index in [9.17, 15) is 4.79 Å². The molecule has 0 fully saturated rings. The molecule has 0 saturated heterocycles. The Morgan fingerprint density at radius 1 is 1.37 bits per heavy atom. The molecule has 1 heterocycles. The number of benzene rings is 1. The molecule has 0 unspecified atom stereocenters. The molecule has 0 radical (unpaired) electrons. The Morgan fingerprint density at radius 3 is 2.74 bits per heavy atom. The zero-order valence-corrected chi connectivity index (χ0v) is 11.9. The number of carboxylic acids is 1. The highest BCUT2D eigenvalue weighted by Gasteiger charge is 2.08. The predicted molar refractivity (Wildman–Crippen MR) is 78.0 cm³/mol. The zero-order valence-electron chi connectivity index (χ0n) is 10.4. The lowest BCUT2D eigenvalue weighted by Gasteiger charge is -2.10. The first-order valence-electron chi connectivity index (χ1n) is 5.86. The number of nitrogens with one attached hydrogen (secondary N) is 1. The first-order chi connectivity index (χ1) is 9.10. The third-order valence-electron chi connectivity index (χ3n) is 2.62. The number of rotatable bonds is 4. The molecule has 1 aromatic heterocycles. The molecular weight excluding hydrogens is 308 g/mol. The number of carboxylic acid groups (broad SMARTS) is 1. The van der Waals surface area contributed by atoms with Crippen molar-refractivity contribution < 1.29 is 9.90 Å². The van der Waals surface area contributed by atoms with Crippen LogP contribution in [0.4, 0.5) is 11.5 Å². The van der Waals surface area contributed by atoms with Crippen molar-refractivity contribution in [3.8, 4) is 0 Å². The van der Waals surface area contributed by atoms with Crippen molar-refractivity contribution in [1.82, 2.24) is 4.98 Å². The molecule has 0 aliphatic rings. The monoisotopic (exact) mass is 320 g/mol. The summed E-state index contributed by atoms with van der Waals surface area (Å²) in [6.45, 7) is 1.94. The zero-order chi connectivity index (χ0) is 13.8. The van der Waals surface area contributed by atoms with Crippen molar-refractivity contribution in [1.29, 1.82) is 0 Å². The summed E-state index contributed by atoms with van der Waals surface area (Å²) in [6.07, 6.45) is 0.686. The number of halogens is 1. The van der Waals surface area contributed by atoms with Gasteiger partial charge in [-0.05, 0) is 46.6 Å². The number of aromatic carboxylic acids is 1. The van der Waals surface area contributed by atoms with E-state index in [1.54, 1.807) is 6.07 Å². The lowest BCUT2D eigenvalue weighted by atomic mass is 10.2. The minimum Gasteiger partial charge on any atom is -0.478 e. The second-order valence-electron chi connectivity index (χ2n) is 4.00. The largest absolute Gasteiger partial charge is 0.478 e. The number of aromatic nitrogens is 1. The van der Waals surface area contributed by atoms with E-state index in [-0.39, 0.29) is 5.56 Å². The maximum Gasteiger partial charge on any atom is 0.335 e. The average molecular weight is 321 g/mol. The number of carbonyl (C=O) groups is 1. The van der Waals surface area contributed by atoms with Gasteiger partial charge in [0.25, 0.3) is 0 Å². The Balaban J connectivity index is 2.37. The van der Waals surface area contributed by atoms with Gasteiger partial charge < -0.3 is 10.4 Å². The minimum atomic E-state index is -0.952. The predicted octanol–water partition coefficient (Wildman–Crippen LogP) is 3.85. The molecule has 98 valence electrons. The molecule has 0 aliphatic carbocycles. The van der Waals surface area contributed by atoms with Crippen LogP contribution in [-0.4, -0.2) is 16.1 Å². The fraction of sp³-hybridized carbons (Fsp3) is 0.143. The van der Waals surface area contributed by atoms with Crippen LogP contribution in [0.25, 0.3) is 0 Å². The summed E-state index contributed by atoms with van der Waals surface area (Å²) in [7, 11) is 0. The van der Waals surface area contributed by atoms with Crippen LogP contribution >= 0.6 is 15.9 Å². The lowest BCUT2D eigenvalue weighted by molar-refractivity contribution is 0.0696. The topological polar surface area (TPSA) is 62.2 Å². The van der Waals surface area contributed by atoms with Crippen LogP contribution in [0.3, 0.4) is 0 Å². The number of aryl methyl sites for hydroxylation is 1. The van der Waals surface area contributed by atoms with E-state index in [1.807, 2.05) is 31.2 Å². The standard InChI is InChI=1S/C14H13BrN2O2/c1-2-10-7-9(14(18)19)8-13(16-10)17-12-6-4-3-5-11(12)15/h3-8H,2H2,1H3,(H,16,17)(H,18,19). The van der Waals surface area contributed by atoms with E-state index >= 15 is 0 Å². The lowest BCUT2D eigenvalue weighted by Crippen LogP contribution is -2.03. The van der Waals surface area contributed by atoms with Crippen LogP contribution in [0.5, 0.6) is 0 Å². The van der Waals surface area contributed by atoms with Crippen molar-refractivity contribution >= 4 is 33.4 Å². The van der Waals surface area contributed by atoms with Crippen LogP contribution in [0, 0.1) is 0 Å². The molecule has 0 amide bonds. The number of nitrogens with zero attached hydrogens (tertiary/aromatic N) is 1. The number of hydrogen-bond acceptors (Lipinski definition) is 3. The normalized spacial score (nSPS) is 10.2. The first kappa shape index (κ1) is 13.5. The summed E-state index contributed by atoms with van der Waals surface area (Å²) in [6, 6.07) is 10.7. The van der Waals surface area contributed by atoms with E-state index in [0.717, 1.165) is 15.9 Å². The van der Waals surface area contributed by atoms with Gasteiger partial charge in [0.15, 0.2) is 0 Å². The highest BCUT2D eigenvalue weighted by Crippen LogP contribution is 2.25. The third-order valence-corrected chi connectivity index (χ3v) is 3.32. The van der Waals surface area contributed by atoms with Gasteiger partial charge in [-0.3, -0.25) is 0 Å². The van der Waals surface area contributed by atoms with Gasteiger partial charge >= 0.3 is 5.97 Å². The maximum absolute atomic E-state index is 11.1.